The average molecular weight is 542 g/mol. The van der Waals surface area contributed by atoms with E-state index in [9.17, 15) is 14.7 Å². The third-order valence-electron chi connectivity index (χ3n) is 8.10. The maximum absolute atomic E-state index is 13.7. The van der Waals surface area contributed by atoms with Gasteiger partial charge in [-0.3, -0.25) is 14.5 Å². The van der Waals surface area contributed by atoms with E-state index in [-0.39, 0.29) is 29.8 Å². The summed E-state index contributed by atoms with van der Waals surface area (Å²) in [5, 5.41) is 10.6. The van der Waals surface area contributed by atoms with Crippen molar-refractivity contribution in [3.8, 4) is 5.75 Å². The second-order valence-corrected chi connectivity index (χ2v) is 12.7. The van der Waals surface area contributed by atoms with E-state index < -0.39 is 11.9 Å². The summed E-state index contributed by atoms with van der Waals surface area (Å²) in [6.45, 7) is 14.6. The van der Waals surface area contributed by atoms with Crippen molar-refractivity contribution in [3.05, 3.63) is 41.0 Å². The van der Waals surface area contributed by atoms with Crippen molar-refractivity contribution in [2.24, 2.45) is 11.3 Å². The number of aliphatic carboxylic acids is 1. The van der Waals surface area contributed by atoms with Gasteiger partial charge >= 0.3 is 5.97 Å². The quantitative estimate of drug-likeness (QED) is 0.332. The number of carboxylic acids is 1. The first-order valence-corrected chi connectivity index (χ1v) is 14.7. The van der Waals surface area contributed by atoms with Crippen LogP contribution >= 0.6 is 0 Å². The van der Waals surface area contributed by atoms with Crippen LogP contribution in [0.1, 0.15) is 77.3 Å². The minimum atomic E-state index is -0.779. The first-order chi connectivity index (χ1) is 18.4. The number of carboxylic acid groups (broad SMARTS) is 1. The molecule has 39 heavy (non-hydrogen) atoms. The van der Waals surface area contributed by atoms with Crippen molar-refractivity contribution < 1.29 is 19.4 Å². The van der Waals surface area contributed by atoms with Crippen LogP contribution < -0.4 is 4.74 Å². The smallest absolute Gasteiger partial charge is 0.308 e. The molecule has 2 aliphatic heterocycles. The molecule has 1 aromatic rings. The summed E-state index contributed by atoms with van der Waals surface area (Å²) >= 11 is 0. The third-order valence-corrected chi connectivity index (χ3v) is 8.10. The molecule has 1 aromatic carbocycles. The van der Waals surface area contributed by atoms with Gasteiger partial charge in [0.2, 0.25) is 5.91 Å². The van der Waals surface area contributed by atoms with Crippen molar-refractivity contribution in [2.45, 2.75) is 78.7 Å². The SMILES string of the molecule is CCCCN(CCCN(C)C)C(=O)CN1C[C@H](c2ccc3c(c2)CCO3)C(C(=O)O)[C@@H]1CC(C)(C)C=C(C)C. The number of amides is 1. The lowest BCUT2D eigenvalue weighted by Crippen LogP contribution is -2.46. The molecule has 0 saturated carbocycles. The number of unbranched alkanes of at least 4 members (excludes halogenated alkanes) is 1. The Morgan fingerprint density at radius 2 is 1.87 bits per heavy atom. The van der Waals surface area contributed by atoms with Gasteiger partial charge in [-0.05, 0) is 76.4 Å². The van der Waals surface area contributed by atoms with E-state index >= 15 is 0 Å². The number of rotatable bonds is 14. The molecule has 218 valence electrons. The normalized spacial score (nSPS) is 21.1. The molecular weight excluding hydrogens is 490 g/mol. The summed E-state index contributed by atoms with van der Waals surface area (Å²) < 4.78 is 5.71. The van der Waals surface area contributed by atoms with Crippen LogP contribution in [0.5, 0.6) is 5.75 Å². The first kappa shape index (κ1) is 31.2. The molecule has 1 fully saturated rings. The van der Waals surface area contributed by atoms with E-state index in [1.54, 1.807) is 0 Å². The maximum atomic E-state index is 13.7. The summed E-state index contributed by atoms with van der Waals surface area (Å²) in [5.41, 5.74) is 3.22. The molecule has 1 unspecified atom stereocenters. The van der Waals surface area contributed by atoms with Gasteiger partial charge in [0, 0.05) is 38.0 Å². The number of benzene rings is 1. The molecule has 3 atom stereocenters. The second-order valence-electron chi connectivity index (χ2n) is 12.7. The van der Waals surface area contributed by atoms with Crippen LogP contribution in [0.4, 0.5) is 0 Å². The molecule has 2 aliphatic rings. The molecule has 1 N–H and O–H groups in total. The Bertz CT molecular complexity index is 1010. The van der Waals surface area contributed by atoms with Crippen LogP contribution in [-0.2, 0) is 16.0 Å². The zero-order chi connectivity index (χ0) is 28.7. The summed E-state index contributed by atoms with van der Waals surface area (Å²) in [7, 11) is 4.11. The predicted molar refractivity (Wildman–Crippen MR) is 157 cm³/mol. The summed E-state index contributed by atoms with van der Waals surface area (Å²) in [6, 6.07) is 5.93. The predicted octanol–water partition coefficient (Wildman–Crippen LogP) is 5.05. The molecule has 2 heterocycles. The minimum absolute atomic E-state index is 0.111. The van der Waals surface area contributed by atoms with E-state index in [0.717, 1.165) is 62.2 Å². The lowest BCUT2D eigenvalue weighted by molar-refractivity contribution is -0.144. The number of hydrogen-bond donors (Lipinski definition) is 1. The Morgan fingerprint density at radius 1 is 1.15 bits per heavy atom. The number of hydrogen-bond acceptors (Lipinski definition) is 5. The van der Waals surface area contributed by atoms with Crippen LogP contribution in [0, 0.1) is 11.3 Å². The van der Waals surface area contributed by atoms with Gasteiger partial charge in [-0.1, -0.05) is 51.0 Å². The zero-order valence-corrected chi connectivity index (χ0v) is 25.3. The van der Waals surface area contributed by atoms with Crippen LogP contribution in [0.2, 0.25) is 0 Å². The fraction of sp³-hybridized carbons (Fsp3) is 0.688. The zero-order valence-electron chi connectivity index (χ0n) is 25.3. The summed E-state index contributed by atoms with van der Waals surface area (Å²) in [5.74, 6) is -0.522. The molecule has 7 heteroatoms. The highest BCUT2D eigenvalue weighted by Crippen LogP contribution is 2.44. The largest absolute Gasteiger partial charge is 0.493 e. The van der Waals surface area contributed by atoms with E-state index in [1.807, 2.05) is 17.0 Å². The Balaban J connectivity index is 1.91. The minimum Gasteiger partial charge on any atom is -0.493 e. The highest BCUT2D eigenvalue weighted by molar-refractivity contribution is 5.79. The van der Waals surface area contributed by atoms with Crippen molar-refractivity contribution in [3.63, 3.8) is 0 Å². The van der Waals surface area contributed by atoms with E-state index in [2.05, 4.69) is 70.7 Å². The van der Waals surface area contributed by atoms with E-state index in [4.69, 9.17) is 4.74 Å². The Hall–Kier alpha value is -2.38. The van der Waals surface area contributed by atoms with Gasteiger partial charge in [-0.25, -0.2) is 0 Å². The van der Waals surface area contributed by atoms with Crippen molar-refractivity contribution in [1.82, 2.24) is 14.7 Å². The van der Waals surface area contributed by atoms with Gasteiger partial charge in [0.25, 0.3) is 0 Å². The van der Waals surface area contributed by atoms with Gasteiger partial charge in [-0.2, -0.15) is 0 Å². The number of fused-ring (bicyclic) bond motifs is 1. The molecule has 0 aliphatic carbocycles. The number of allylic oxidation sites excluding steroid dienone is 2. The Kier molecular flexibility index (Phi) is 11.0. The number of carbonyl (C=O) groups excluding carboxylic acids is 1. The summed E-state index contributed by atoms with van der Waals surface area (Å²) in [4.78, 5) is 32.9. The highest BCUT2D eigenvalue weighted by atomic mass is 16.5. The number of carbonyl (C=O) groups is 2. The van der Waals surface area contributed by atoms with Crippen molar-refractivity contribution in [1.29, 1.82) is 0 Å². The monoisotopic (exact) mass is 541 g/mol. The van der Waals surface area contributed by atoms with Crippen LogP contribution in [0.25, 0.3) is 0 Å². The van der Waals surface area contributed by atoms with Gasteiger partial charge in [0.05, 0.1) is 19.1 Å². The lowest BCUT2D eigenvalue weighted by Gasteiger charge is -2.34. The fourth-order valence-corrected chi connectivity index (χ4v) is 6.46. The third kappa shape index (κ3) is 8.55. The number of ether oxygens (including phenoxy) is 1. The maximum Gasteiger partial charge on any atom is 0.308 e. The molecule has 0 aromatic heterocycles. The Labute approximate surface area is 236 Å². The molecule has 0 spiro atoms. The highest BCUT2D eigenvalue weighted by Gasteiger charge is 2.48. The van der Waals surface area contributed by atoms with Crippen LogP contribution in [0.15, 0.2) is 29.8 Å². The standard InChI is InChI=1S/C32H51N3O4/c1-8-9-15-34(16-10-14-33(6)7)29(36)22-35-21-26(24-11-12-28-25(18-24)13-17-39-28)30(31(37)38)27(35)20-32(4,5)19-23(2)3/h11-12,18-19,26-27,30H,8-10,13-17,20-22H2,1-7H3,(H,37,38)/t26-,27+,30?/m1/s1. The second kappa shape index (κ2) is 13.8. The molecule has 3 rings (SSSR count). The topological polar surface area (TPSA) is 73.3 Å². The van der Waals surface area contributed by atoms with Crippen LogP contribution in [0.3, 0.4) is 0 Å². The molecule has 1 saturated heterocycles. The first-order valence-electron chi connectivity index (χ1n) is 14.7. The van der Waals surface area contributed by atoms with Gasteiger partial charge < -0.3 is 19.6 Å². The summed E-state index contributed by atoms with van der Waals surface area (Å²) in [6.07, 6.45) is 6.71. The average Bonchev–Trinajstić information content (AvgIpc) is 3.44. The van der Waals surface area contributed by atoms with E-state index in [1.165, 1.54) is 5.57 Å². The Morgan fingerprint density at radius 3 is 2.51 bits per heavy atom. The van der Waals surface area contributed by atoms with Gasteiger partial charge in [-0.15, -0.1) is 0 Å². The number of nitrogens with zero attached hydrogens (tertiary/aromatic N) is 3. The van der Waals surface area contributed by atoms with Gasteiger partial charge in [0.1, 0.15) is 5.75 Å². The molecule has 1 amide bonds. The van der Waals surface area contributed by atoms with Crippen molar-refractivity contribution >= 4 is 11.9 Å². The van der Waals surface area contributed by atoms with Crippen molar-refractivity contribution in [2.75, 3.05) is 53.4 Å². The molecule has 0 radical (unpaired) electrons. The van der Waals surface area contributed by atoms with Crippen LogP contribution in [-0.4, -0.2) is 91.2 Å². The van der Waals surface area contributed by atoms with Gasteiger partial charge in [0.15, 0.2) is 0 Å². The lowest BCUT2D eigenvalue weighted by atomic mass is 9.77. The fourth-order valence-electron chi connectivity index (χ4n) is 6.46. The molecule has 7 nitrogen and oxygen atoms in total. The number of likely N-dealkylation sites (tertiary alicyclic amines) is 1. The molecule has 0 bridgehead atoms. The van der Waals surface area contributed by atoms with E-state index in [0.29, 0.717) is 19.6 Å². The molecular formula is C32H51N3O4.